The van der Waals surface area contributed by atoms with Crippen molar-refractivity contribution in [1.82, 2.24) is 5.32 Å². The molecule has 1 amide bonds. The van der Waals surface area contributed by atoms with Gasteiger partial charge in [-0.1, -0.05) is 6.42 Å². The summed E-state index contributed by atoms with van der Waals surface area (Å²) in [4.78, 5) is 11.6. The smallest absolute Gasteiger partial charge is 0.220 e. The molecular weight excluding hydrogens is 190 g/mol. The van der Waals surface area contributed by atoms with Gasteiger partial charge in [0, 0.05) is 20.1 Å². The zero-order valence-electron chi connectivity index (χ0n) is 9.50. The summed E-state index contributed by atoms with van der Waals surface area (Å²) < 4.78 is 4.90. The summed E-state index contributed by atoms with van der Waals surface area (Å²) in [6.07, 6.45) is 6.19. The third kappa shape index (κ3) is 2.71. The van der Waals surface area contributed by atoms with Crippen LogP contribution in [0.5, 0.6) is 0 Å². The molecular formula is C12H21NO2. The van der Waals surface area contributed by atoms with E-state index in [1.165, 1.54) is 25.7 Å². The van der Waals surface area contributed by atoms with Gasteiger partial charge in [-0.3, -0.25) is 4.79 Å². The van der Waals surface area contributed by atoms with E-state index in [2.05, 4.69) is 5.32 Å². The molecule has 0 unspecified atom stereocenters. The molecule has 0 radical (unpaired) electrons. The lowest BCUT2D eigenvalue weighted by molar-refractivity contribution is -0.122. The first kappa shape index (κ1) is 10.9. The summed E-state index contributed by atoms with van der Waals surface area (Å²) in [5.74, 6) is 2.67. The first-order chi connectivity index (χ1) is 7.29. The number of nitrogens with one attached hydrogen (secondary N) is 1. The zero-order valence-corrected chi connectivity index (χ0v) is 9.50. The summed E-state index contributed by atoms with van der Waals surface area (Å²) in [6.45, 7) is 1.26. The second kappa shape index (κ2) is 4.97. The highest BCUT2D eigenvalue weighted by atomic mass is 16.5. The lowest BCUT2D eigenvalue weighted by Gasteiger charge is -2.20. The van der Waals surface area contributed by atoms with E-state index in [1.54, 1.807) is 7.11 Å². The van der Waals surface area contributed by atoms with Crippen LogP contribution in [-0.4, -0.2) is 26.2 Å². The van der Waals surface area contributed by atoms with Crippen LogP contribution in [0.3, 0.4) is 0 Å². The van der Waals surface area contributed by atoms with Gasteiger partial charge in [-0.05, 0) is 37.0 Å². The highest BCUT2D eigenvalue weighted by molar-refractivity contribution is 5.76. The Labute approximate surface area is 91.6 Å². The first-order valence-electron chi connectivity index (χ1n) is 6.05. The average Bonchev–Trinajstić information content (AvgIpc) is 2.79. The number of methoxy groups -OCH3 is 1. The molecule has 3 nitrogen and oxygen atoms in total. The fraction of sp³-hybridized carbons (Fsp3) is 0.917. The van der Waals surface area contributed by atoms with Gasteiger partial charge < -0.3 is 10.1 Å². The van der Waals surface area contributed by atoms with E-state index < -0.39 is 0 Å². The number of rotatable bonds is 5. The molecule has 15 heavy (non-hydrogen) atoms. The van der Waals surface area contributed by atoms with Gasteiger partial charge in [0.05, 0.1) is 6.61 Å². The van der Waals surface area contributed by atoms with Gasteiger partial charge in [0.1, 0.15) is 0 Å². The van der Waals surface area contributed by atoms with Crippen molar-refractivity contribution < 1.29 is 9.53 Å². The van der Waals surface area contributed by atoms with Crippen molar-refractivity contribution in [2.24, 2.45) is 17.8 Å². The number of hydrogen-bond acceptors (Lipinski definition) is 2. The number of carbonyl (C=O) groups is 1. The summed E-state index contributed by atoms with van der Waals surface area (Å²) in [7, 11) is 1.65. The Bertz CT molecular complexity index is 230. The maximum absolute atomic E-state index is 11.6. The fourth-order valence-electron chi connectivity index (χ4n) is 3.23. The van der Waals surface area contributed by atoms with Gasteiger partial charge in [0.2, 0.25) is 5.91 Å². The molecule has 2 aliphatic rings. The molecule has 2 bridgehead atoms. The Morgan fingerprint density at radius 3 is 2.87 bits per heavy atom. The van der Waals surface area contributed by atoms with Gasteiger partial charge in [0.15, 0.2) is 0 Å². The van der Waals surface area contributed by atoms with Gasteiger partial charge in [-0.2, -0.15) is 0 Å². The first-order valence-corrected chi connectivity index (χ1v) is 6.05. The predicted octanol–water partition coefficient (Wildman–Crippen LogP) is 1.58. The minimum atomic E-state index is 0.213. The normalized spacial score (nSPS) is 33.3. The molecule has 0 aliphatic heterocycles. The topological polar surface area (TPSA) is 38.3 Å². The van der Waals surface area contributed by atoms with Crippen LogP contribution in [0.2, 0.25) is 0 Å². The Hall–Kier alpha value is -0.570. The Kier molecular flexibility index (Phi) is 3.62. The van der Waals surface area contributed by atoms with E-state index in [-0.39, 0.29) is 5.91 Å². The standard InChI is InChI=1S/C12H21NO2/c1-15-5-4-13-12(14)8-11-7-9-2-3-10(11)6-9/h9-11H,2-8H2,1H3,(H,13,14)/t9-,10-,11+/m0/s1. The molecule has 0 aromatic heterocycles. The maximum atomic E-state index is 11.6. The number of fused-ring (bicyclic) bond motifs is 2. The Morgan fingerprint density at radius 1 is 1.40 bits per heavy atom. The molecule has 86 valence electrons. The summed E-state index contributed by atoms with van der Waals surface area (Å²) in [5.41, 5.74) is 0. The minimum Gasteiger partial charge on any atom is -0.383 e. The number of hydrogen-bond donors (Lipinski definition) is 1. The molecule has 0 spiro atoms. The van der Waals surface area contributed by atoms with E-state index >= 15 is 0 Å². The molecule has 0 saturated heterocycles. The number of carbonyl (C=O) groups excluding carboxylic acids is 1. The second-order valence-electron chi connectivity index (χ2n) is 4.98. The molecule has 2 aliphatic carbocycles. The Morgan fingerprint density at radius 2 is 2.27 bits per heavy atom. The van der Waals surface area contributed by atoms with Crippen LogP contribution in [0.25, 0.3) is 0 Å². The summed E-state index contributed by atoms with van der Waals surface area (Å²) >= 11 is 0. The highest BCUT2D eigenvalue weighted by Gasteiger charge is 2.39. The van der Waals surface area contributed by atoms with E-state index in [0.717, 1.165) is 18.3 Å². The minimum absolute atomic E-state index is 0.213. The largest absolute Gasteiger partial charge is 0.383 e. The molecule has 1 N–H and O–H groups in total. The van der Waals surface area contributed by atoms with Crippen LogP contribution in [0.15, 0.2) is 0 Å². The van der Waals surface area contributed by atoms with Gasteiger partial charge in [0.25, 0.3) is 0 Å². The van der Waals surface area contributed by atoms with Gasteiger partial charge in [-0.25, -0.2) is 0 Å². The summed E-state index contributed by atoms with van der Waals surface area (Å²) in [5, 5.41) is 2.91. The van der Waals surface area contributed by atoms with E-state index in [0.29, 0.717) is 19.1 Å². The van der Waals surface area contributed by atoms with E-state index in [1.807, 2.05) is 0 Å². The number of ether oxygens (including phenoxy) is 1. The summed E-state index contributed by atoms with van der Waals surface area (Å²) in [6, 6.07) is 0. The quantitative estimate of drug-likeness (QED) is 0.701. The lowest BCUT2D eigenvalue weighted by atomic mass is 9.86. The van der Waals surface area contributed by atoms with Crippen LogP contribution in [0.1, 0.15) is 32.1 Å². The van der Waals surface area contributed by atoms with E-state index in [4.69, 9.17) is 4.74 Å². The van der Waals surface area contributed by atoms with Crippen molar-refractivity contribution >= 4 is 5.91 Å². The molecule has 3 heteroatoms. The van der Waals surface area contributed by atoms with Crippen molar-refractivity contribution in [3.63, 3.8) is 0 Å². The Balaban J connectivity index is 1.66. The highest BCUT2D eigenvalue weighted by Crippen LogP contribution is 2.49. The fourth-order valence-corrected chi connectivity index (χ4v) is 3.23. The van der Waals surface area contributed by atoms with Gasteiger partial charge >= 0.3 is 0 Å². The number of amides is 1. The van der Waals surface area contributed by atoms with Crippen molar-refractivity contribution in [3.05, 3.63) is 0 Å². The van der Waals surface area contributed by atoms with Crippen molar-refractivity contribution in [2.45, 2.75) is 32.1 Å². The van der Waals surface area contributed by atoms with Crippen LogP contribution in [0, 0.1) is 17.8 Å². The van der Waals surface area contributed by atoms with Crippen LogP contribution >= 0.6 is 0 Å². The molecule has 0 aromatic carbocycles. The van der Waals surface area contributed by atoms with Crippen molar-refractivity contribution in [2.75, 3.05) is 20.3 Å². The van der Waals surface area contributed by atoms with Gasteiger partial charge in [-0.15, -0.1) is 0 Å². The van der Waals surface area contributed by atoms with Crippen molar-refractivity contribution in [3.8, 4) is 0 Å². The van der Waals surface area contributed by atoms with Crippen LogP contribution in [0.4, 0.5) is 0 Å². The van der Waals surface area contributed by atoms with Crippen molar-refractivity contribution in [1.29, 1.82) is 0 Å². The van der Waals surface area contributed by atoms with E-state index in [9.17, 15) is 4.79 Å². The SMILES string of the molecule is COCCNC(=O)C[C@H]1C[C@H]2CC[C@H]1C2. The lowest BCUT2D eigenvalue weighted by Crippen LogP contribution is -2.29. The maximum Gasteiger partial charge on any atom is 0.220 e. The zero-order chi connectivity index (χ0) is 10.7. The molecule has 3 atom stereocenters. The molecule has 0 heterocycles. The molecule has 2 fully saturated rings. The molecule has 2 rings (SSSR count). The molecule has 2 saturated carbocycles. The predicted molar refractivity (Wildman–Crippen MR) is 58.4 cm³/mol. The van der Waals surface area contributed by atoms with Crippen LogP contribution in [-0.2, 0) is 9.53 Å². The third-order valence-electron chi connectivity index (χ3n) is 3.96. The third-order valence-corrected chi connectivity index (χ3v) is 3.96. The molecule has 0 aromatic rings. The monoisotopic (exact) mass is 211 g/mol. The second-order valence-corrected chi connectivity index (χ2v) is 4.98. The average molecular weight is 211 g/mol. The van der Waals surface area contributed by atoms with Crippen LogP contribution < -0.4 is 5.32 Å².